The maximum absolute atomic E-state index is 12.9. The van der Waals surface area contributed by atoms with Crippen molar-refractivity contribution in [2.75, 3.05) is 5.88 Å². The molecule has 0 unspecified atom stereocenters. The van der Waals surface area contributed by atoms with Crippen LogP contribution in [0, 0.1) is 11.6 Å². The van der Waals surface area contributed by atoms with Crippen LogP contribution >= 0.6 is 11.6 Å². The van der Waals surface area contributed by atoms with Gasteiger partial charge in [-0.25, -0.2) is 8.78 Å². The van der Waals surface area contributed by atoms with Gasteiger partial charge in [-0.2, -0.15) is 0 Å². The van der Waals surface area contributed by atoms with E-state index in [4.69, 9.17) is 11.6 Å². The summed E-state index contributed by atoms with van der Waals surface area (Å²) in [6.07, 6.45) is 1.85. The van der Waals surface area contributed by atoms with Gasteiger partial charge in [-0.15, -0.1) is 11.6 Å². The molecular formula is C8H6ClF2N. The largest absolute Gasteiger partial charge is 0.259 e. The van der Waals surface area contributed by atoms with Crippen molar-refractivity contribution >= 4 is 17.2 Å². The first-order valence-corrected chi connectivity index (χ1v) is 3.73. The Labute approximate surface area is 73.7 Å². The molecule has 1 nitrogen and oxygen atoms in total. The molecule has 0 saturated carbocycles. The lowest BCUT2D eigenvalue weighted by Gasteiger charge is -2.03. The molecule has 1 rings (SSSR count). The summed E-state index contributed by atoms with van der Waals surface area (Å²) in [5, 5.41) is 0. The Morgan fingerprint density at radius 3 is 2.33 bits per heavy atom. The first kappa shape index (κ1) is 9.13. The fourth-order valence-corrected chi connectivity index (χ4v) is 0.950. The summed E-state index contributed by atoms with van der Waals surface area (Å²) in [4.78, 5) is 3.33. The van der Waals surface area contributed by atoms with Crippen LogP contribution in [0.2, 0.25) is 0 Å². The molecule has 0 aliphatic carbocycles. The first-order valence-electron chi connectivity index (χ1n) is 3.20. The maximum Gasteiger partial charge on any atom is 0.151 e. The lowest BCUT2D eigenvalue weighted by Crippen LogP contribution is -1.96. The van der Waals surface area contributed by atoms with E-state index in [1.54, 1.807) is 0 Å². The Bertz CT molecular complexity index is 292. The molecule has 12 heavy (non-hydrogen) atoms. The van der Waals surface area contributed by atoms with Crippen molar-refractivity contribution in [1.29, 1.82) is 0 Å². The van der Waals surface area contributed by atoms with E-state index in [-0.39, 0.29) is 17.0 Å². The minimum atomic E-state index is -0.736. The molecule has 1 aromatic rings. The highest BCUT2D eigenvalue weighted by Crippen LogP contribution is 2.19. The highest BCUT2D eigenvalue weighted by molar-refractivity contribution is 6.23. The van der Waals surface area contributed by atoms with Gasteiger partial charge in [0, 0.05) is 5.88 Å². The molecule has 64 valence electrons. The number of hydrogen-bond acceptors (Lipinski definition) is 1. The van der Waals surface area contributed by atoms with E-state index in [0.717, 1.165) is 12.4 Å². The summed E-state index contributed by atoms with van der Waals surface area (Å²) in [7, 11) is 0. The van der Waals surface area contributed by atoms with Gasteiger partial charge in [0.2, 0.25) is 0 Å². The van der Waals surface area contributed by atoms with E-state index in [1.165, 1.54) is 0 Å². The molecule has 4 heteroatoms. The minimum absolute atomic E-state index is 0.00213. The van der Waals surface area contributed by atoms with Crippen molar-refractivity contribution in [3.8, 4) is 0 Å². The number of allylic oxidation sites excluding steroid dienone is 1. The Morgan fingerprint density at radius 1 is 1.42 bits per heavy atom. The van der Waals surface area contributed by atoms with E-state index in [0.29, 0.717) is 0 Å². The van der Waals surface area contributed by atoms with Crippen LogP contribution in [-0.2, 0) is 0 Å². The molecule has 1 aromatic heterocycles. The lowest BCUT2D eigenvalue weighted by atomic mass is 10.1. The Hall–Kier alpha value is -0.960. The molecule has 0 N–H and O–H groups in total. The van der Waals surface area contributed by atoms with Gasteiger partial charge in [-0.1, -0.05) is 6.58 Å². The molecule has 0 bridgehead atoms. The molecule has 0 atom stereocenters. The molecule has 0 fully saturated rings. The zero-order valence-corrected chi connectivity index (χ0v) is 6.91. The highest BCUT2D eigenvalue weighted by Gasteiger charge is 2.10. The molecule has 0 saturated heterocycles. The second-order valence-corrected chi connectivity index (χ2v) is 2.48. The number of hydrogen-bond donors (Lipinski definition) is 0. The first-order chi connectivity index (χ1) is 5.66. The molecule has 0 radical (unpaired) electrons. The third-order valence-corrected chi connectivity index (χ3v) is 1.69. The summed E-state index contributed by atoms with van der Waals surface area (Å²) in [6.45, 7) is 3.43. The van der Waals surface area contributed by atoms with Crippen molar-refractivity contribution in [3.05, 3.63) is 36.2 Å². The van der Waals surface area contributed by atoms with Gasteiger partial charge in [-0.05, 0) is 5.57 Å². The predicted octanol–water partition coefficient (Wildman–Crippen LogP) is 2.61. The van der Waals surface area contributed by atoms with Crippen LogP contribution in [0.5, 0.6) is 0 Å². The molecule has 0 aliphatic rings. The summed E-state index contributed by atoms with van der Waals surface area (Å²) >= 11 is 5.38. The quantitative estimate of drug-likeness (QED) is 0.652. The van der Waals surface area contributed by atoms with Crippen molar-refractivity contribution in [2.24, 2.45) is 0 Å². The summed E-state index contributed by atoms with van der Waals surface area (Å²) < 4.78 is 25.7. The number of pyridine rings is 1. The van der Waals surface area contributed by atoms with Gasteiger partial charge in [-0.3, -0.25) is 4.98 Å². The number of nitrogens with zero attached hydrogens (tertiary/aromatic N) is 1. The normalized spacial score (nSPS) is 9.92. The maximum atomic E-state index is 12.9. The minimum Gasteiger partial charge on any atom is -0.259 e. The fourth-order valence-electron chi connectivity index (χ4n) is 0.816. The molecule has 1 heterocycles. The van der Waals surface area contributed by atoms with Crippen molar-refractivity contribution in [3.63, 3.8) is 0 Å². The summed E-state index contributed by atoms with van der Waals surface area (Å²) in [5.41, 5.74) is 0.0362. The fraction of sp³-hybridized carbons (Fsp3) is 0.125. The van der Waals surface area contributed by atoms with Crippen LogP contribution < -0.4 is 0 Å². The molecule has 0 aromatic carbocycles. The van der Waals surface area contributed by atoms with Gasteiger partial charge in [0.1, 0.15) is 0 Å². The summed E-state index contributed by atoms with van der Waals surface area (Å²) in [6, 6.07) is 0. The topological polar surface area (TPSA) is 12.9 Å². The van der Waals surface area contributed by atoms with Crippen LogP contribution in [-0.4, -0.2) is 10.9 Å². The Morgan fingerprint density at radius 2 is 1.92 bits per heavy atom. The van der Waals surface area contributed by atoms with Crippen molar-refractivity contribution < 1.29 is 8.78 Å². The average Bonchev–Trinajstić information content (AvgIpc) is 2.03. The van der Waals surface area contributed by atoms with Crippen molar-refractivity contribution in [2.45, 2.75) is 0 Å². The van der Waals surface area contributed by atoms with Crippen LogP contribution in [0.25, 0.3) is 5.57 Å². The predicted molar refractivity (Wildman–Crippen MR) is 43.9 cm³/mol. The third-order valence-electron chi connectivity index (χ3n) is 1.37. The number of rotatable bonds is 2. The monoisotopic (exact) mass is 189 g/mol. The lowest BCUT2D eigenvalue weighted by molar-refractivity contribution is 0.567. The van der Waals surface area contributed by atoms with Crippen LogP contribution in [0.3, 0.4) is 0 Å². The third kappa shape index (κ3) is 1.61. The van der Waals surface area contributed by atoms with Crippen molar-refractivity contribution in [1.82, 2.24) is 4.98 Å². The Balaban J connectivity index is 3.21. The summed E-state index contributed by atoms with van der Waals surface area (Å²) in [5.74, 6) is -1.47. The van der Waals surface area contributed by atoms with E-state index in [1.807, 2.05) is 0 Å². The smallest absolute Gasteiger partial charge is 0.151 e. The van der Waals surface area contributed by atoms with E-state index in [9.17, 15) is 8.78 Å². The molecule has 0 aliphatic heterocycles. The van der Waals surface area contributed by atoms with E-state index >= 15 is 0 Å². The average molecular weight is 190 g/mol. The van der Waals surface area contributed by atoms with Gasteiger partial charge in [0.05, 0.1) is 18.0 Å². The van der Waals surface area contributed by atoms with Gasteiger partial charge < -0.3 is 0 Å². The van der Waals surface area contributed by atoms with Crippen LogP contribution in [0.4, 0.5) is 8.78 Å². The molecule has 0 spiro atoms. The van der Waals surface area contributed by atoms with E-state index in [2.05, 4.69) is 11.6 Å². The second-order valence-electron chi connectivity index (χ2n) is 2.22. The van der Waals surface area contributed by atoms with Gasteiger partial charge in [0.25, 0.3) is 0 Å². The highest BCUT2D eigenvalue weighted by atomic mass is 35.5. The van der Waals surface area contributed by atoms with Crippen LogP contribution in [0.1, 0.15) is 5.56 Å². The molecule has 0 amide bonds. The second kappa shape index (κ2) is 3.63. The number of halogens is 3. The zero-order valence-electron chi connectivity index (χ0n) is 6.15. The zero-order chi connectivity index (χ0) is 9.14. The molecular weight excluding hydrogens is 184 g/mol. The van der Waals surface area contributed by atoms with E-state index < -0.39 is 11.6 Å². The van der Waals surface area contributed by atoms with Crippen LogP contribution in [0.15, 0.2) is 19.0 Å². The number of aromatic nitrogens is 1. The Kier molecular flexibility index (Phi) is 2.76. The SMILES string of the molecule is C=C(CCl)c1c(F)cncc1F. The standard InChI is InChI=1S/C8H6ClF2N/c1-5(2-9)8-6(10)3-12-4-7(8)11/h3-4H,1-2H2. The van der Waals surface area contributed by atoms with Gasteiger partial charge >= 0.3 is 0 Å². The number of alkyl halides is 1. The van der Waals surface area contributed by atoms with Gasteiger partial charge in [0.15, 0.2) is 11.6 Å².